The van der Waals surface area contributed by atoms with Crippen molar-refractivity contribution in [3.8, 4) is 11.5 Å². The van der Waals surface area contributed by atoms with E-state index in [1.807, 2.05) is 0 Å². The summed E-state index contributed by atoms with van der Waals surface area (Å²) in [6.45, 7) is 8.33. The molecule has 1 unspecified atom stereocenters. The molecule has 0 spiro atoms. The van der Waals surface area contributed by atoms with Crippen molar-refractivity contribution in [2.75, 3.05) is 0 Å². The van der Waals surface area contributed by atoms with Gasteiger partial charge in [0.15, 0.2) is 11.5 Å². The normalized spacial score (nSPS) is 11.9. The molecule has 0 aliphatic heterocycles. The van der Waals surface area contributed by atoms with Crippen LogP contribution in [-0.2, 0) is 25.5 Å². The van der Waals surface area contributed by atoms with Crippen molar-refractivity contribution < 1.29 is 33.4 Å². The summed E-state index contributed by atoms with van der Waals surface area (Å²) >= 11 is 0. The lowest BCUT2D eigenvalue weighted by Crippen LogP contribution is -2.47. The van der Waals surface area contributed by atoms with Crippen molar-refractivity contribution in [2.24, 2.45) is 5.73 Å². The summed E-state index contributed by atoms with van der Waals surface area (Å²) in [6.07, 6.45) is -0.498. The highest BCUT2D eigenvalue weighted by molar-refractivity contribution is 5.84. The van der Waals surface area contributed by atoms with Crippen molar-refractivity contribution in [1.29, 1.82) is 0 Å². The number of amides is 2. The summed E-state index contributed by atoms with van der Waals surface area (Å²) in [4.78, 5) is 47.0. The first kappa shape index (κ1) is 23.9. The molecule has 0 aromatic heterocycles. The van der Waals surface area contributed by atoms with Gasteiger partial charge in [-0.3, -0.25) is 14.4 Å². The molecule has 9 heteroatoms. The number of carbonyl (C=O) groups excluding carboxylic acids is 4. The Morgan fingerprint density at radius 3 is 2.03 bits per heavy atom. The van der Waals surface area contributed by atoms with Crippen LogP contribution in [0, 0.1) is 0 Å². The van der Waals surface area contributed by atoms with Crippen LogP contribution in [0.3, 0.4) is 0 Å². The molecular formula is C20H28N2O7. The molecule has 0 heterocycles. The molecule has 0 radical (unpaired) electrons. The Bertz CT molecular complexity index is 769. The van der Waals surface area contributed by atoms with E-state index in [0.29, 0.717) is 5.56 Å². The molecule has 1 atom stereocenters. The van der Waals surface area contributed by atoms with E-state index in [1.165, 1.54) is 12.1 Å². The highest BCUT2D eigenvalue weighted by Gasteiger charge is 2.24. The van der Waals surface area contributed by atoms with Crippen LogP contribution in [0.5, 0.6) is 11.5 Å². The van der Waals surface area contributed by atoms with E-state index < -0.39 is 35.6 Å². The van der Waals surface area contributed by atoms with Crippen LogP contribution in [0.2, 0.25) is 0 Å². The molecule has 0 bridgehead atoms. The number of alkyl carbamates (subject to hydrolysis) is 1. The van der Waals surface area contributed by atoms with Gasteiger partial charge in [-0.05, 0) is 38.5 Å². The minimum absolute atomic E-state index is 0.0211. The summed E-state index contributed by atoms with van der Waals surface area (Å²) in [5, 5.41) is 2.42. The van der Waals surface area contributed by atoms with Gasteiger partial charge in [0.2, 0.25) is 5.91 Å². The van der Waals surface area contributed by atoms with Crippen LogP contribution in [0.25, 0.3) is 0 Å². The highest BCUT2D eigenvalue weighted by atomic mass is 16.6. The zero-order valence-corrected chi connectivity index (χ0v) is 17.4. The second kappa shape index (κ2) is 10.4. The van der Waals surface area contributed by atoms with Crippen LogP contribution in [0.1, 0.15) is 53.0 Å². The summed E-state index contributed by atoms with van der Waals surface area (Å²) in [5.41, 5.74) is 5.18. The van der Waals surface area contributed by atoms with Gasteiger partial charge in [-0.1, -0.05) is 19.9 Å². The predicted octanol–water partition coefficient (Wildman–Crippen LogP) is 2.24. The lowest BCUT2D eigenvalue weighted by atomic mass is 10.0. The molecule has 0 saturated carbocycles. The number of hydrogen-bond acceptors (Lipinski definition) is 7. The molecule has 1 aromatic carbocycles. The molecule has 160 valence electrons. The summed E-state index contributed by atoms with van der Waals surface area (Å²) in [5.74, 6) is -1.65. The third-order valence-electron chi connectivity index (χ3n) is 3.51. The standard InChI is InChI=1S/C20H28N2O7/c1-6-16(23)27-14-9-8-12(11-15(14)28-17(24)7-2)10-13(18(21)25)22-19(26)29-20(3,4)5/h8-9,11,13H,6-7,10H2,1-5H3,(H2,21,25)(H,22,26). The van der Waals surface area contributed by atoms with Crippen molar-refractivity contribution in [3.63, 3.8) is 0 Å². The monoisotopic (exact) mass is 408 g/mol. The number of primary amides is 1. The molecule has 0 saturated heterocycles. The molecule has 1 aromatic rings. The first-order valence-electron chi connectivity index (χ1n) is 9.28. The van der Waals surface area contributed by atoms with E-state index >= 15 is 0 Å². The van der Waals surface area contributed by atoms with Gasteiger partial charge >= 0.3 is 18.0 Å². The minimum Gasteiger partial charge on any atom is -0.444 e. The number of rotatable bonds is 8. The third kappa shape index (κ3) is 8.63. The number of ether oxygens (including phenoxy) is 3. The molecule has 1 rings (SSSR count). The van der Waals surface area contributed by atoms with Crippen molar-refractivity contribution in [3.05, 3.63) is 23.8 Å². The first-order valence-corrected chi connectivity index (χ1v) is 9.28. The van der Waals surface area contributed by atoms with Crippen LogP contribution in [0.4, 0.5) is 4.79 Å². The molecule has 0 aliphatic carbocycles. The second-order valence-electron chi connectivity index (χ2n) is 7.24. The number of esters is 2. The minimum atomic E-state index is -1.05. The third-order valence-corrected chi connectivity index (χ3v) is 3.51. The van der Waals surface area contributed by atoms with E-state index in [-0.39, 0.29) is 30.8 Å². The van der Waals surface area contributed by atoms with Gasteiger partial charge in [-0.25, -0.2) is 4.79 Å². The van der Waals surface area contributed by atoms with Gasteiger partial charge in [0, 0.05) is 19.3 Å². The Kier molecular flexibility index (Phi) is 8.62. The molecule has 29 heavy (non-hydrogen) atoms. The van der Waals surface area contributed by atoms with E-state index in [2.05, 4.69) is 5.32 Å². The fourth-order valence-electron chi connectivity index (χ4n) is 2.14. The first-order chi connectivity index (χ1) is 13.4. The van der Waals surface area contributed by atoms with Crippen LogP contribution < -0.4 is 20.5 Å². The number of nitrogens with two attached hydrogens (primary N) is 1. The Labute approximate surface area is 169 Å². The van der Waals surface area contributed by atoms with Crippen molar-refractivity contribution in [2.45, 2.75) is 65.5 Å². The smallest absolute Gasteiger partial charge is 0.408 e. The molecular weight excluding hydrogens is 380 g/mol. The summed E-state index contributed by atoms with van der Waals surface area (Å²) in [7, 11) is 0. The van der Waals surface area contributed by atoms with Crippen LogP contribution in [-0.4, -0.2) is 35.6 Å². The topological polar surface area (TPSA) is 134 Å². The highest BCUT2D eigenvalue weighted by Crippen LogP contribution is 2.30. The molecule has 2 amide bonds. The molecule has 0 aliphatic rings. The largest absolute Gasteiger partial charge is 0.444 e. The average Bonchev–Trinajstić information content (AvgIpc) is 2.61. The summed E-state index contributed by atoms with van der Waals surface area (Å²) < 4.78 is 15.5. The zero-order chi connectivity index (χ0) is 22.2. The lowest BCUT2D eigenvalue weighted by Gasteiger charge is -2.22. The fraction of sp³-hybridized carbons (Fsp3) is 0.500. The zero-order valence-electron chi connectivity index (χ0n) is 17.4. The second-order valence-corrected chi connectivity index (χ2v) is 7.24. The maximum absolute atomic E-state index is 12.0. The van der Waals surface area contributed by atoms with Gasteiger partial charge in [0.1, 0.15) is 11.6 Å². The van der Waals surface area contributed by atoms with E-state index in [9.17, 15) is 19.2 Å². The number of hydrogen-bond donors (Lipinski definition) is 2. The Hall–Kier alpha value is -3.10. The van der Waals surface area contributed by atoms with Gasteiger partial charge in [-0.2, -0.15) is 0 Å². The van der Waals surface area contributed by atoms with Crippen molar-refractivity contribution >= 4 is 23.9 Å². The molecule has 0 fully saturated rings. The lowest BCUT2D eigenvalue weighted by molar-refractivity contribution is -0.136. The maximum atomic E-state index is 12.0. The predicted molar refractivity (Wildman–Crippen MR) is 104 cm³/mol. The van der Waals surface area contributed by atoms with Gasteiger partial charge in [-0.15, -0.1) is 0 Å². The van der Waals surface area contributed by atoms with E-state index in [1.54, 1.807) is 40.7 Å². The average molecular weight is 408 g/mol. The van der Waals surface area contributed by atoms with E-state index in [0.717, 1.165) is 0 Å². The Morgan fingerprint density at radius 1 is 1.00 bits per heavy atom. The Balaban J connectivity index is 3.06. The number of nitrogens with one attached hydrogen (secondary N) is 1. The summed E-state index contributed by atoms with van der Waals surface area (Å²) in [6, 6.07) is 3.43. The van der Waals surface area contributed by atoms with E-state index in [4.69, 9.17) is 19.9 Å². The maximum Gasteiger partial charge on any atom is 0.408 e. The van der Waals surface area contributed by atoms with Crippen LogP contribution in [0.15, 0.2) is 18.2 Å². The van der Waals surface area contributed by atoms with Gasteiger partial charge in [0.05, 0.1) is 0 Å². The fourth-order valence-corrected chi connectivity index (χ4v) is 2.14. The van der Waals surface area contributed by atoms with Gasteiger partial charge < -0.3 is 25.3 Å². The number of benzene rings is 1. The quantitative estimate of drug-likeness (QED) is 0.497. The number of carbonyl (C=O) groups is 4. The SMILES string of the molecule is CCC(=O)Oc1ccc(CC(NC(=O)OC(C)(C)C)C(N)=O)cc1OC(=O)CC. The van der Waals surface area contributed by atoms with Crippen molar-refractivity contribution in [1.82, 2.24) is 5.32 Å². The molecule has 3 N–H and O–H groups in total. The Morgan fingerprint density at radius 2 is 1.55 bits per heavy atom. The molecule has 9 nitrogen and oxygen atoms in total. The van der Waals surface area contributed by atoms with Crippen LogP contribution >= 0.6 is 0 Å². The van der Waals surface area contributed by atoms with Gasteiger partial charge in [0.25, 0.3) is 0 Å².